The molecule has 0 spiro atoms. The highest BCUT2D eigenvalue weighted by molar-refractivity contribution is 7.10. The molecule has 0 bridgehead atoms. The molecule has 2 aromatic carbocycles. The van der Waals surface area contributed by atoms with E-state index in [4.69, 9.17) is 4.74 Å². The van der Waals surface area contributed by atoms with Gasteiger partial charge >= 0.3 is 0 Å². The molecule has 34 heavy (non-hydrogen) atoms. The van der Waals surface area contributed by atoms with Crippen molar-refractivity contribution >= 4 is 23.2 Å². The van der Waals surface area contributed by atoms with Crippen molar-refractivity contribution in [2.45, 2.75) is 18.9 Å². The highest BCUT2D eigenvalue weighted by Crippen LogP contribution is 2.34. The molecule has 3 aromatic rings. The maximum absolute atomic E-state index is 13.6. The molecule has 1 aliphatic rings. The Hall–Kier alpha value is -3.45. The molecule has 1 aromatic heterocycles. The average molecular weight is 479 g/mol. The first-order chi connectivity index (χ1) is 16.5. The van der Waals surface area contributed by atoms with E-state index in [1.807, 2.05) is 41.8 Å². The summed E-state index contributed by atoms with van der Waals surface area (Å²) in [6.45, 7) is 4.75. The van der Waals surface area contributed by atoms with Crippen LogP contribution in [0.15, 0.2) is 78.7 Å². The number of benzene rings is 2. The molecule has 0 aliphatic carbocycles. The topological polar surface area (TPSA) is 49.9 Å². The molecule has 0 saturated carbocycles. The van der Waals surface area contributed by atoms with Crippen LogP contribution in [0, 0.1) is 5.82 Å². The van der Waals surface area contributed by atoms with E-state index in [2.05, 4.69) is 6.58 Å². The van der Waals surface area contributed by atoms with Gasteiger partial charge in [0.15, 0.2) is 0 Å². The van der Waals surface area contributed by atoms with Gasteiger partial charge < -0.3 is 14.5 Å². The third kappa shape index (κ3) is 5.72. The van der Waals surface area contributed by atoms with E-state index in [0.717, 1.165) is 17.5 Å². The number of carbonyl (C=O) groups is 2. The molecule has 2 heterocycles. The van der Waals surface area contributed by atoms with Gasteiger partial charge in [-0.2, -0.15) is 0 Å². The van der Waals surface area contributed by atoms with E-state index < -0.39 is 0 Å². The number of hydrogen-bond donors (Lipinski definition) is 0. The first kappa shape index (κ1) is 23.7. The van der Waals surface area contributed by atoms with E-state index in [9.17, 15) is 14.0 Å². The molecule has 0 N–H and O–H groups in total. The first-order valence-corrected chi connectivity index (χ1v) is 12.1. The SMILES string of the molecule is C=CCN(CC(=O)N1CCc2sccc2C1COc1cccc(F)c1)C(=O)Cc1ccccc1. The number of nitrogens with zero attached hydrogens (tertiary/aromatic N) is 2. The molecular weight excluding hydrogens is 451 g/mol. The van der Waals surface area contributed by atoms with Crippen LogP contribution in [0.3, 0.4) is 0 Å². The van der Waals surface area contributed by atoms with Crippen LogP contribution in [0.25, 0.3) is 0 Å². The number of amides is 2. The Morgan fingerprint density at radius 1 is 1.18 bits per heavy atom. The lowest BCUT2D eigenvalue weighted by molar-refractivity contribution is -0.142. The molecule has 0 radical (unpaired) electrons. The number of ether oxygens (including phenoxy) is 1. The Morgan fingerprint density at radius 2 is 2.00 bits per heavy atom. The van der Waals surface area contributed by atoms with Gasteiger partial charge in [0.05, 0.1) is 12.5 Å². The highest BCUT2D eigenvalue weighted by Gasteiger charge is 2.33. The minimum Gasteiger partial charge on any atom is -0.491 e. The summed E-state index contributed by atoms with van der Waals surface area (Å²) in [4.78, 5) is 30.9. The second-order valence-electron chi connectivity index (χ2n) is 8.15. The number of rotatable bonds is 9. The second-order valence-corrected chi connectivity index (χ2v) is 9.15. The van der Waals surface area contributed by atoms with Gasteiger partial charge in [0.2, 0.25) is 11.8 Å². The van der Waals surface area contributed by atoms with Crippen molar-refractivity contribution in [2.75, 3.05) is 26.2 Å². The number of hydrogen-bond acceptors (Lipinski definition) is 4. The Labute approximate surface area is 203 Å². The number of carbonyl (C=O) groups excluding carboxylic acids is 2. The summed E-state index contributed by atoms with van der Waals surface area (Å²) in [5.41, 5.74) is 1.95. The summed E-state index contributed by atoms with van der Waals surface area (Å²) in [7, 11) is 0. The van der Waals surface area contributed by atoms with Gasteiger partial charge in [-0.05, 0) is 41.1 Å². The van der Waals surface area contributed by atoms with Crippen molar-refractivity contribution < 1.29 is 18.7 Å². The van der Waals surface area contributed by atoms with Crippen molar-refractivity contribution in [1.82, 2.24) is 9.80 Å². The van der Waals surface area contributed by atoms with E-state index >= 15 is 0 Å². The lowest BCUT2D eigenvalue weighted by Gasteiger charge is -2.37. The summed E-state index contributed by atoms with van der Waals surface area (Å²) in [6, 6.07) is 17.2. The third-order valence-corrected chi connectivity index (χ3v) is 6.84. The molecule has 2 amide bonds. The van der Waals surface area contributed by atoms with Crippen molar-refractivity contribution in [3.05, 3.63) is 101 Å². The Morgan fingerprint density at radius 3 is 2.76 bits per heavy atom. The Kier molecular flexibility index (Phi) is 7.75. The summed E-state index contributed by atoms with van der Waals surface area (Å²) in [6.07, 6.45) is 2.62. The summed E-state index contributed by atoms with van der Waals surface area (Å²) >= 11 is 1.66. The van der Waals surface area contributed by atoms with Crippen molar-refractivity contribution in [2.24, 2.45) is 0 Å². The molecule has 5 nitrogen and oxygen atoms in total. The molecule has 0 saturated heterocycles. The highest BCUT2D eigenvalue weighted by atomic mass is 32.1. The van der Waals surface area contributed by atoms with Gasteiger partial charge in [0.1, 0.15) is 24.7 Å². The Balaban J connectivity index is 1.48. The molecule has 1 atom stereocenters. The Bertz CT molecular complexity index is 1150. The van der Waals surface area contributed by atoms with Gasteiger partial charge in [-0.3, -0.25) is 9.59 Å². The van der Waals surface area contributed by atoms with Crippen LogP contribution in [-0.2, 0) is 22.4 Å². The third-order valence-electron chi connectivity index (χ3n) is 5.85. The van der Waals surface area contributed by atoms with Gasteiger partial charge in [-0.25, -0.2) is 4.39 Å². The molecule has 4 rings (SSSR count). The quantitative estimate of drug-likeness (QED) is 0.421. The van der Waals surface area contributed by atoms with E-state index in [1.165, 1.54) is 21.9 Å². The van der Waals surface area contributed by atoms with E-state index in [0.29, 0.717) is 18.8 Å². The number of fused-ring (bicyclic) bond motifs is 1. The molecule has 1 unspecified atom stereocenters. The zero-order chi connectivity index (χ0) is 23.9. The summed E-state index contributed by atoms with van der Waals surface area (Å²) in [5, 5.41) is 2.02. The monoisotopic (exact) mass is 478 g/mol. The van der Waals surface area contributed by atoms with Crippen molar-refractivity contribution in [3.63, 3.8) is 0 Å². The van der Waals surface area contributed by atoms with Crippen LogP contribution in [0.2, 0.25) is 0 Å². The maximum atomic E-state index is 13.6. The standard InChI is InChI=1S/C27H27FN2O3S/c1-2-13-29(26(31)16-20-7-4-3-5-8-20)18-27(32)30-14-11-25-23(12-15-34-25)24(30)19-33-22-10-6-9-21(28)17-22/h2-10,12,15,17,24H,1,11,13-14,16,18-19H2. The van der Waals surface area contributed by atoms with Crippen LogP contribution < -0.4 is 4.74 Å². The fraction of sp³-hybridized carbons (Fsp3) is 0.259. The van der Waals surface area contributed by atoms with E-state index in [-0.39, 0.29) is 43.2 Å². The minimum absolute atomic E-state index is 0.0341. The van der Waals surface area contributed by atoms with Gasteiger partial charge in [-0.1, -0.05) is 42.5 Å². The summed E-state index contributed by atoms with van der Waals surface area (Å²) < 4.78 is 19.5. The minimum atomic E-state index is -0.373. The van der Waals surface area contributed by atoms with Crippen LogP contribution in [0.5, 0.6) is 5.75 Å². The fourth-order valence-corrected chi connectivity index (χ4v) is 5.08. The van der Waals surface area contributed by atoms with Gasteiger partial charge in [0, 0.05) is 24.0 Å². The fourth-order valence-electron chi connectivity index (χ4n) is 4.15. The molecule has 1 aliphatic heterocycles. The van der Waals surface area contributed by atoms with Crippen molar-refractivity contribution in [3.8, 4) is 5.75 Å². The molecule has 176 valence electrons. The van der Waals surface area contributed by atoms with Crippen LogP contribution in [-0.4, -0.2) is 47.9 Å². The second kappa shape index (κ2) is 11.1. The zero-order valence-corrected chi connectivity index (χ0v) is 19.7. The lowest BCUT2D eigenvalue weighted by Crippen LogP contribution is -2.48. The predicted octanol–water partition coefficient (Wildman–Crippen LogP) is 4.65. The van der Waals surface area contributed by atoms with Gasteiger partial charge in [-0.15, -0.1) is 17.9 Å². The average Bonchev–Trinajstić information content (AvgIpc) is 3.32. The lowest BCUT2D eigenvalue weighted by atomic mass is 10.0. The predicted molar refractivity (Wildman–Crippen MR) is 131 cm³/mol. The number of thiophene rings is 1. The molecular formula is C27H27FN2O3S. The smallest absolute Gasteiger partial charge is 0.242 e. The molecule has 7 heteroatoms. The maximum Gasteiger partial charge on any atom is 0.242 e. The van der Waals surface area contributed by atoms with Crippen LogP contribution in [0.4, 0.5) is 4.39 Å². The van der Waals surface area contributed by atoms with Gasteiger partial charge in [0.25, 0.3) is 0 Å². The molecule has 0 fully saturated rings. The zero-order valence-electron chi connectivity index (χ0n) is 18.9. The first-order valence-electron chi connectivity index (χ1n) is 11.2. The largest absolute Gasteiger partial charge is 0.491 e. The van der Waals surface area contributed by atoms with Crippen LogP contribution >= 0.6 is 11.3 Å². The van der Waals surface area contributed by atoms with E-state index in [1.54, 1.807) is 34.4 Å². The normalized spacial score (nSPS) is 14.9. The van der Waals surface area contributed by atoms with Crippen LogP contribution in [0.1, 0.15) is 22.0 Å². The van der Waals surface area contributed by atoms with Crippen molar-refractivity contribution in [1.29, 1.82) is 0 Å². The summed E-state index contributed by atoms with van der Waals surface area (Å²) in [5.74, 6) is -0.225. The number of halogens is 1.